The lowest BCUT2D eigenvalue weighted by Gasteiger charge is -2.07. The highest BCUT2D eigenvalue weighted by Crippen LogP contribution is 2.16. The number of nitrogens with one attached hydrogen (secondary N) is 1. The molecule has 0 spiro atoms. The molecule has 112 valence electrons. The Hall–Kier alpha value is -2.30. The number of carbonyl (C=O) groups is 2. The summed E-state index contributed by atoms with van der Waals surface area (Å²) >= 11 is 0. The van der Waals surface area contributed by atoms with Crippen LogP contribution in [-0.4, -0.2) is 27.9 Å². The van der Waals surface area contributed by atoms with Crippen LogP contribution in [0.4, 0.5) is 0 Å². The average Bonchev–Trinajstić information content (AvgIpc) is 3.08. The van der Waals surface area contributed by atoms with E-state index in [2.05, 4.69) is 16.5 Å². The van der Waals surface area contributed by atoms with E-state index in [9.17, 15) is 9.59 Å². The number of aromatic amines is 1. The summed E-state index contributed by atoms with van der Waals surface area (Å²) in [5.41, 5.74) is 2.95. The first-order chi connectivity index (χ1) is 10.0. The maximum absolute atomic E-state index is 12.2. The Balaban J connectivity index is 2.04. The van der Waals surface area contributed by atoms with Gasteiger partial charge >= 0.3 is 5.97 Å². The lowest BCUT2D eigenvalue weighted by molar-refractivity contribution is 0.0469. The Bertz CT molecular complexity index is 639. The topological polar surface area (TPSA) is 64.1 Å². The highest BCUT2D eigenvalue weighted by atomic mass is 16.5. The average molecular weight is 288 g/mol. The van der Waals surface area contributed by atoms with Crippen molar-refractivity contribution in [1.29, 1.82) is 0 Å². The monoisotopic (exact) mass is 288 g/mol. The molecule has 0 saturated carbocycles. The summed E-state index contributed by atoms with van der Waals surface area (Å²) in [6.07, 6.45) is 2.64. The SMILES string of the molecule is CCCn1c(C)cc(C(=O)COC(=O)c2ccc[nH]2)c1C. The van der Waals surface area contributed by atoms with Gasteiger partial charge in [-0.25, -0.2) is 4.79 Å². The van der Waals surface area contributed by atoms with Crippen LogP contribution in [0.3, 0.4) is 0 Å². The zero-order chi connectivity index (χ0) is 15.4. The summed E-state index contributed by atoms with van der Waals surface area (Å²) in [4.78, 5) is 26.7. The van der Waals surface area contributed by atoms with Gasteiger partial charge in [0, 0.05) is 29.7 Å². The molecule has 2 aromatic rings. The molecule has 0 fully saturated rings. The summed E-state index contributed by atoms with van der Waals surface area (Å²) in [6, 6.07) is 5.17. The quantitative estimate of drug-likeness (QED) is 0.656. The van der Waals surface area contributed by atoms with Crippen LogP contribution < -0.4 is 0 Å². The molecule has 0 unspecified atom stereocenters. The molecule has 2 heterocycles. The van der Waals surface area contributed by atoms with Crippen LogP contribution in [0.15, 0.2) is 24.4 Å². The second-order valence-electron chi connectivity index (χ2n) is 5.02. The van der Waals surface area contributed by atoms with E-state index in [-0.39, 0.29) is 12.4 Å². The van der Waals surface area contributed by atoms with E-state index in [1.54, 1.807) is 18.3 Å². The first-order valence-electron chi connectivity index (χ1n) is 7.05. The number of esters is 1. The van der Waals surface area contributed by atoms with E-state index in [0.29, 0.717) is 11.3 Å². The molecule has 0 aliphatic carbocycles. The number of hydrogen-bond acceptors (Lipinski definition) is 3. The highest BCUT2D eigenvalue weighted by Gasteiger charge is 2.17. The normalized spacial score (nSPS) is 10.6. The summed E-state index contributed by atoms with van der Waals surface area (Å²) in [5, 5.41) is 0. The van der Waals surface area contributed by atoms with Gasteiger partial charge in [-0.2, -0.15) is 0 Å². The molecule has 0 saturated heterocycles. The van der Waals surface area contributed by atoms with E-state index in [1.165, 1.54) is 0 Å². The zero-order valence-corrected chi connectivity index (χ0v) is 12.6. The molecular weight excluding hydrogens is 268 g/mol. The number of carbonyl (C=O) groups excluding carboxylic acids is 2. The molecule has 21 heavy (non-hydrogen) atoms. The molecular formula is C16H20N2O3. The van der Waals surface area contributed by atoms with E-state index in [1.807, 2.05) is 19.9 Å². The van der Waals surface area contributed by atoms with Gasteiger partial charge in [-0.05, 0) is 38.5 Å². The molecule has 0 aromatic carbocycles. The minimum absolute atomic E-state index is 0.176. The van der Waals surface area contributed by atoms with Crippen molar-refractivity contribution in [1.82, 2.24) is 9.55 Å². The molecule has 0 bridgehead atoms. The van der Waals surface area contributed by atoms with Crippen molar-refractivity contribution in [3.05, 3.63) is 47.0 Å². The van der Waals surface area contributed by atoms with Gasteiger partial charge in [0.25, 0.3) is 0 Å². The highest BCUT2D eigenvalue weighted by molar-refractivity contribution is 6.00. The number of nitrogens with zero attached hydrogens (tertiary/aromatic N) is 1. The summed E-state index contributed by atoms with van der Waals surface area (Å²) in [5.74, 6) is -0.693. The number of rotatable bonds is 6. The molecule has 5 nitrogen and oxygen atoms in total. The number of ketones is 1. The van der Waals surface area contributed by atoms with Crippen LogP contribution in [0.2, 0.25) is 0 Å². The second kappa shape index (κ2) is 6.43. The third-order valence-electron chi connectivity index (χ3n) is 3.47. The van der Waals surface area contributed by atoms with Crippen LogP contribution in [0, 0.1) is 13.8 Å². The second-order valence-corrected chi connectivity index (χ2v) is 5.02. The van der Waals surface area contributed by atoms with E-state index in [4.69, 9.17) is 4.74 Å². The fourth-order valence-electron chi connectivity index (χ4n) is 2.40. The van der Waals surface area contributed by atoms with Crippen molar-refractivity contribution in [2.45, 2.75) is 33.7 Å². The number of Topliss-reactive ketones (excluding diaryl/α,β-unsaturated/α-hetero) is 1. The van der Waals surface area contributed by atoms with Crippen LogP contribution >= 0.6 is 0 Å². The van der Waals surface area contributed by atoms with Gasteiger partial charge in [-0.1, -0.05) is 6.92 Å². The predicted octanol–water partition coefficient (Wildman–Crippen LogP) is 2.88. The molecule has 2 rings (SSSR count). The van der Waals surface area contributed by atoms with Crippen molar-refractivity contribution >= 4 is 11.8 Å². The fraction of sp³-hybridized carbons (Fsp3) is 0.375. The molecule has 1 N–H and O–H groups in total. The molecule has 0 radical (unpaired) electrons. The lowest BCUT2D eigenvalue weighted by atomic mass is 10.1. The molecule has 0 aliphatic heterocycles. The molecule has 0 aliphatic rings. The van der Waals surface area contributed by atoms with Crippen molar-refractivity contribution in [2.24, 2.45) is 0 Å². The first kappa shape index (κ1) is 15.1. The van der Waals surface area contributed by atoms with E-state index in [0.717, 1.165) is 24.4 Å². The summed E-state index contributed by atoms with van der Waals surface area (Å²) in [6.45, 7) is 6.63. The fourth-order valence-corrected chi connectivity index (χ4v) is 2.40. The van der Waals surface area contributed by atoms with Crippen molar-refractivity contribution < 1.29 is 14.3 Å². The van der Waals surface area contributed by atoms with Crippen LogP contribution in [0.5, 0.6) is 0 Å². The first-order valence-corrected chi connectivity index (χ1v) is 7.05. The Morgan fingerprint density at radius 1 is 1.33 bits per heavy atom. The van der Waals surface area contributed by atoms with Crippen molar-refractivity contribution in [3.63, 3.8) is 0 Å². The summed E-state index contributed by atoms with van der Waals surface area (Å²) < 4.78 is 7.15. The largest absolute Gasteiger partial charge is 0.453 e. The van der Waals surface area contributed by atoms with Crippen molar-refractivity contribution in [2.75, 3.05) is 6.61 Å². The van der Waals surface area contributed by atoms with Crippen LogP contribution in [0.1, 0.15) is 45.6 Å². The van der Waals surface area contributed by atoms with Gasteiger partial charge in [-0.15, -0.1) is 0 Å². The number of hydrogen-bond donors (Lipinski definition) is 1. The molecule has 0 atom stereocenters. The Kier molecular flexibility index (Phi) is 4.62. The van der Waals surface area contributed by atoms with Gasteiger partial charge in [0.15, 0.2) is 6.61 Å². The smallest absolute Gasteiger partial charge is 0.355 e. The molecule has 0 amide bonds. The predicted molar refractivity (Wildman–Crippen MR) is 79.6 cm³/mol. The lowest BCUT2D eigenvalue weighted by Crippen LogP contribution is -2.15. The number of H-pyrrole nitrogens is 1. The third kappa shape index (κ3) is 3.24. The van der Waals surface area contributed by atoms with Gasteiger partial charge in [0.05, 0.1) is 0 Å². The van der Waals surface area contributed by atoms with Gasteiger partial charge in [0.2, 0.25) is 5.78 Å². The van der Waals surface area contributed by atoms with Gasteiger partial charge < -0.3 is 14.3 Å². The number of aromatic nitrogens is 2. The van der Waals surface area contributed by atoms with Crippen LogP contribution in [-0.2, 0) is 11.3 Å². The zero-order valence-electron chi connectivity index (χ0n) is 12.6. The summed E-state index contributed by atoms with van der Waals surface area (Å²) in [7, 11) is 0. The standard InChI is InChI=1S/C16H20N2O3/c1-4-8-18-11(2)9-13(12(18)3)15(19)10-21-16(20)14-6-5-7-17-14/h5-7,9,17H,4,8,10H2,1-3H3. The Morgan fingerprint density at radius 2 is 2.10 bits per heavy atom. The Morgan fingerprint density at radius 3 is 2.71 bits per heavy atom. The molecule has 2 aromatic heterocycles. The maximum Gasteiger partial charge on any atom is 0.355 e. The minimum Gasteiger partial charge on any atom is -0.453 e. The molecule has 5 heteroatoms. The van der Waals surface area contributed by atoms with E-state index < -0.39 is 5.97 Å². The minimum atomic E-state index is -0.518. The van der Waals surface area contributed by atoms with Crippen molar-refractivity contribution in [3.8, 4) is 0 Å². The Labute approximate surface area is 123 Å². The maximum atomic E-state index is 12.2. The van der Waals surface area contributed by atoms with Gasteiger partial charge in [0.1, 0.15) is 5.69 Å². The third-order valence-corrected chi connectivity index (χ3v) is 3.47. The number of ether oxygens (including phenoxy) is 1. The van der Waals surface area contributed by atoms with Crippen LogP contribution in [0.25, 0.3) is 0 Å². The number of aryl methyl sites for hydroxylation is 1. The van der Waals surface area contributed by atoms with E-state index >= 15 is 0 Å². The van der Waals surface area contributed by atoms with Gasteiger partial charge in [-0.3, -0.25) is 4.79 Å².